The lowest BCUT2D eigenvalue weighted by Gasteiger charge is -2.42. The van der Waals surface area contributed by atoms with Gasteiger partial charge in [-0.25, -0.2) is 0 Å². The molecule has 1 saturated carbocycles. The van der Waals surface area contributed by atoms with Crippen LogP contribution in [0.15, 0.2) is 29.3 Å². The first kappa shape index (κ1) is 19.3. The van der Waals surface area contributed by atoms with Gasteiger partial charge in [0.05, 0.1) is 11.5 Å². The second-order valence-corrected chi connectivity index (χ2v) is 14.4. The third-order valence-electron chi connectivity index (χ3n) is 5.56. The number of rotatable bonds is 4. The molecule has 1 aliphatic carbocycles. The van der Waals surface area contributed by atoms with E-state index in [1.54, 1.807) is 0 Å². The summed E-state index contributed by atoms with van der Waals surface area (Å²) in [5.74, 6) is 1.32. The van der Waals surface area contributed by atoms with Crippen LogP contribution in [0.5, 0.6) is 0 Å². The van der Waals surface area contributed by atoms with Crippen molar-refractivity contribution in [2.45, 2.75) is 64.1 Å². The Morgan fingerprint density at radius 2 is 1.92 bits per heavy atom. The molecule has 1 aliphatic rings. The summed E-state index contributed by atoms with van der Waals surface area (Å²) in [6, 6.07) is 8.74. The van der Waals surface area contributed by atoms with Crippen LogP contribution >= 0.6 is 15.9 Å². The van der Waals surface area contributed by atoms with Crippen molar-refractivity contribution < 1.29 is 4.43 Å². The smallest absolute Gasteiger partial charge is 0.250 e. The summed E-state index contributed by atoms with van der Waals surface area (Å²) in [6.07, 6.45) is 1.85. The molecule has 2 nitrogen and oxygen atoms in total. The third kappa shape index (κ3) is 3.63. The van der Waals surface area contributed by atoms with E-state index in [1.807, 2.05) is 6.07 Å². The molecule has 0 atom stereocenters. The van der Waals surface area contributed by atoms with Gasteiger partial charge in [0.2, 0.25) is 8.32 Å². The molecule has 130 valence electrons. The molecule has 0 bridgehead atoms. The van der Waals surface area contributed by atoms with Crippen LogP contribution in [0.2, 0.25) is 18.1 Å². The topological polar surface area (TPSA) is 33.0 Å². The SMILES string of the molecule is C=C(O[Si](C)(C)C(C)(C)C)c1cc(Br)cc(C2(C#N)CC(C)C2)c1. The van der Waals surface area contributed by atoms with Crippen molar-refractivity contribution in [2.75, 3.05) is 0 Å². The summed E-state index contributed by atoms with van der Waals surface area (Å²) in [5.41, 5.74) is 1.70. The lowest BCUT2D eigenvalue weighted by molar-refractivity contribution is 0.217. The normalized spacial score (nSPS) is 24.0. The van der Waals surface area contributed by atoms with Crippen LogP contribution in [0.4, 0.5) is 0 Å². The zero-order chi connectivity index (χ0) is 18.3. The molecule has 0 amide bonds. The van der Waals surface area contributed by atoms with E-state index in [1.165, 1.54) is 0 Å². The Kier molecular flexibility index (Phi) is 5.10. The van der Waals surface area contributed by atoms with E-state index in [4.69, 9.17) is 4.43 Å². The van der Waals surface area contributed by atoms with Gasteiger partial charge in [-0.2, -0.15) is 5.26 Å². The molecule has 1 aromatic rings. The average Bonchev–Trinajstić information content (AvgIpc) is 2.41. The second-order valence-electron chi connectivity index (χ2n) is 8.72. The number of hydrogen-bond acceptors (Lipinski definition) is 2. The van der Waals surface area contributed by atoms with Crippen molar-refractivity contribution in [3.05, 3.63) is 40.4 Å². The maximum Gasteiger partial charge on any atom is 0.250 e. The van der Waals surface area contributed by atoms with Gasteiger partial charge in [0.25, 0.3) is 0 Å². The van der Waals surface area contributed by atoms with E-state index < -0.39 is 8.32 Å². The molecule has 0 radical (unpaired) electrons. The van der Waals surface area contributed by atoms with E-state index in [2.05, 4.69) is 81.5 Å². The number of nitriles is 1. The van der Waals surface area contributed by atoms with Crippen molar-refractivity contribution in [3.63, 3.8) is 0 Å². The van der Waals surface area contributed by atoms with Crippen LogP contribution < -0.4 is 0 Å². The van der Waals surface area contributed by atoms with E-state index >= 15 is 0 Å². The maximum atomic E-state index is 9.71. The van der Waals surface area contributed by atoms with Crippen molar-refractivity contribution in [1.29, 1.82) is 5.26 Å². The first-order valence-corrected chi connectivity index (χ1v) is 12.2. The minimum Gasteiger partial charge on any atom is -0.543 e. The number of benzene rings is 1. The molecule has 0 N–H and O–H groups in total. The first-order chi connectivity index (χ1) is 10.9. The zero-order valence-electron chi connectivity index (χ0n) is 15.7. The molecule has 4 heteroatoms. The summed E-state index contributed by atoms with van der Waals surface area (Å²) in [6.45, 7) is 17.5. The predicted molar refractivity (Wildman–Crippen MR) is 107 cm³/mol. The molecule has 0 saturated heterocycles. The number of halogens is 1. The maximum absolute atomic E-state index is 9.71. The molecule has 24 heavy (non-hydrogen) atoms. The molecule has 0 heterocycles. The van der Waals surface area contributed by atoms with Crippen molar-refractivity contribution >= 4 is 30.0 Å². The van der Waals surface area contributed by atoms with Gasteiger partial charge in [0.1, 0.15) is 5.76 Å². The number of hydrogen-bond donors (Lipinski definition) is 0. The fourth-order valence-electron chi connectivity index (χ4n) is 3.07. The van der Waals surface area contributed by atoms with E-state index in [0.29, 0.717) is 11.7 Å². The van der Waals surface area contributed by atoms with Crippen LogP contribution in [0.1, 0.15) is 51.7 Å². The van der Waals surface area contributed by atoms with Crippen molar-refractivity contribution in [1.82, 2.24) is 0 Å². The standard InChI is InChI=1S/C20H28BrNOSi/c1-14-11-20(12-14,13-22)17-8-16(9-18(21)10-17)15(2)23-24(6,7)19(3,4)5/h8-10,14H,2,11-12H2,1,3-7H3. The summed E-state index contributed by atoms with van der Waals surface area (Å²) < 4.78 is 7.33. The fraction of sp³-hybridized carbons (Fsp3) is 0.550. The van der Waals surface area contributed by atoms with Crippen LogP contribution in [-0.2, 0) is 9.84 Å². The highest BCUT2D eigenvalue weighted by Gasteiger charge is 2.44. The van der Waals surface area contributed by atoms with Gasteiger partial charge >= 0.3 is 0 Å². The van der Waals surface area contributed by atoms with Gasteiger partial charge < -0.3 is 4.43 Å². The molecular formula is C20H28BrNOSi. The molecule has 0 spiro atoms. The minimum absolute atomic E-state index is 0.127. The molecule has 0 aromatic heterocycles. The molecule has 0 unspecified atom stereocenters. The highest BCUT2D eigenvalue weighted by atomic mass is 79.9. The number of nitrogens with zero attached hydrogens (tertiary/aromatic N) is 1. The predicted octanol–water partition coefficient (Wildman–Crippen LogP) is 6.63. The Morgan fingerprint density at radius 1 is 1.33 bits per heavy atom. The largest absolute Gasteiger partial charge is 0.543 e. The monoisotopic (exact) mass is 405 g/mol. The Morgan fingerprint density at radius 3 is 2.38 bits per heavy atom. The quantitative estimate of drug-likeness (QED) is 0.415. The van der Waals surface area contributed by atoms with Crippen molar-refractivity contribution in [2.24, 2.45) is 5.92 Å². The summed E-state index contributed by atoms with van der Waals surface area (Å²) in [4.78, 5) is 0. The van der Waals surface area contributed by atoms with Gasteiger partial charge in [0.15, 0.2) is 0 Å². The molecule has 0 aliphatic heterocycles. The average molecular weight is 406 g/mol. The molecular weight excluding hydrogens is 378 g/mol. The first-order valence-electron chi connectivity index (χ1n) is 8.51. The molecule has 2 rings (SSSR count). The van der Waals surface area contributed by atoms with E-state index in [-0.39, 0.29) is 10.5 Å². The third-order valence-corrected chi connectivity index (χ3v) is 10.4. The summed E-state index contributed by atoms with van der Waals surface area (Å²) in [5, 5.41) is 9.84. The summed E-state index contributed by atoms with van der Waals surface area (Å²) >= 11 is 3.60. The van der Waals surface area contributed by atoms with Crippen LogP contribution in [0.25, 0.3) is 5.76 Å². The highest BCUT2D eigenvalue weighted by Crippen LogP contribution is 2.48. The van der Waals surface area contributed by atoms with Crippen LogP contribution in [-0.4, -0.2) is 8.32 Å². The van der Waals surface area contributed by atoms with Crippen LogP contribution in [0, 0.1) is 17.2 Å². The van der Waals surface area contributed by atoms with Gasteiger partial charge in [0, 0.05) is 10.0 Å². The van der Waals surface area contributed by atoms with E-state index in [9.17, 15) is 5.26 Å². The van der Waals surface area contributed by atoms with Gasteiger partial charge in [-0.15, -0.1) is 0 Å². The second kappa shape index (κ2) is 6.35. The van der Waals surface area contributed by atoms with Gasteiger partial charge in [-0.1, -0.05) is 50.2 Å². The Balaban J connectivity index is 2.33. The fourth-order valence-corrected chi connectivity index (χ4v) is 4.60. The van der Waals surface area contributed by atoms with Gasteiger partial charge in [-0.05, 0) is 60.7 Å². The van der Waals surface area contributed by atoms with E-state index in [0.717, 1.165) is 28.4 Å². The van der Waals surface area contributed by atoms with Crippen LogP contribution in [0.3, 0.4) is 0 Å². The Labute approximate surface area is 156 Å². The van der Waals surface area contributed by atoms with Crippen molar-refractivity contribution in [3.8, 4) is 6.07 Å². The van der Waals surface area contributed by atoms with Gasteiger partial charge in [-0.3, -0.25) is 0 Å². The molecule has 1 aromatic carbocycles. The zero-order valence-corrected chi connectivity index (χ0v) is 18.3. The minimum atomic E-state index is -1.92. The lowest BCUT2D eigenvalue weighted by atomic mass is 9.60. The Hall–Kier alpha value is -1.05. The lowest BCUT2D eigenvalue weighted by Crippen LogP contribution is -2.40. The summed E-state index contributed by atoms with van der Waals surface area (Å²) in [7, 11) is -1.92. The highest BCUT2D eigenvalue weighted by molar-refractivity contribution is 9.10. The molecule has 1 fully saturated rings. The Bertz CT molecular complexity index is 691.